The third kappa shape index (κ3) is 4.73. The molecule has 5 rings (SSSR count). The maximum absolute atomic E-state index is 13.1. The van der Waals surface area contributed by atoms with Gasteiger partial charge >= 0.3 is 5.97 Å². The molecule has 0 aromatic carbocycles. The van der Waals surface area contributed by atoms with Gasteiger partial charge < -0.3 is 21.0 Å². The van der Waals surface area contributed by atoms with Gasteiger partial charge in [-0.3, -0.25) is 14.5 Å². The summed E-state index contributed by atoms with van der Waals surface area (Å²) in [6, 6.07) is 4.67. The first-order valence-electron chi connectivity index (χ1n) is 10.6. The Kier molecular flexibility index (Phi) is 6.67. The predicted molar refractivity (Wildman–Crippen MR) is 132 cm³/mol. The molecule has 3 aliphatic heterocycles. The van der Waals surface area contributed by atoms with Gasteiger partial charge in [-0.25, -0.2) is 14.3 Å². The lowest BCUT2D eigenvalue weighted by molar-refractivity contribution is -0.689. The largest absolute Gasteiger partial charge is 0.477 e. The average Bonchev–Trinajstić information content (AvgIpc) is 3.24. The SMILES string of the molecule is Nc1nc(/C(=N\OC2CSC2)C(=O)NC2C(=O)N3C(C(=O)O)=C(C[n+]4ccccc4)CS[C@H]23)cs1. The van der Waals surface area contributed by atoms with Gasteiger partial charge in [-0.15, -0.1) is 23.1 Å². The molecule has 4 N–H and O–H groups in total. The number of aliphatic carboxylic acids is 1. The molecule has 2 saturated heterocycles. The zero-order valence-corrected chi connectivity index (χ0v) is 20.6. The molecule has 0 bridgehead atoms. The van der Waals surface area contributed by atoms with Crippen LogP contribution in [0.5, 0.6) is 0 Å². The Hall–Kier alpha value is -3.10. The Bertz CT molecular complexity index is 1230. The highest BCUT2D eigenvalue weighted by Gasteiger charge is 2.54. The van der Waals surface area contributed by atoms with E-state index in [2.05, 4.69) is 15.5 Å². The van der Waals surface area contributed by atoms with Crippen molar-refractivity contribution in [1.29, 1.82) is 0 Å². The lowest BCUT2D eigenvalue weighted by atomic mass is 10.0. The van der Waals surface area contributed by atoms with Gasteiger partial charge in [-0.2, -0.15) is 11.8 Å². The van der Waals surface area contributed by atoms with E-state index in [0.717, 1.165) is 22.8 Å². The van der Waals surface area contributed by atoms with Crippen molar-refractivity contribution >= 4 is 63.5 Å². The van der Waals surface area contributed by atoms with Gasteiger partial charge in [-0.05, 0) is 0 Å². The molecule has 182 valence electrons. The number of thioether (sulfide) groups is 2. The molecule has 14 heteroatoms. The number of rotatable bonds is 8. The van der Waals surface area contributed by atoms with Crippen molar-refractivity contribution in [2.75, 3.05) is 23.0 Å². The van der Waals surface area contributed by atoms with Crippen molar-refractivity contribution < 1.29 is 28.9 Å². The lowest BCUT2D eigenvalue weighted by Gasteiger charge is -2.49. The van der Waals surface area contributed by atoms with Crippen LogP contribution in [0, 0.1) is 0 Å². The number of thiazole rings is 1. The van der Waals surface area contributed by atoms with Crippen LogP contribution in [0.2, 0.25) is 0 Å². The standard InChI is InChI=1S/C21H20N6O5S3/c22-21-23-13(10-35-21)14(25-32-12-8-33-9-12)17(28)24-15-18(29)27-16(20(30)31)11(7-34-19(15)27)6-26-4-2-1-3-5-26/h1-5,10,12,15,19H,6-9H2,(H3-,22,23,24,28,30,31)/p+1/b25-14+/t15?,19-/m1/s1. The normalized spacial score (nSPS) is 22.2. The van der Waals surface area contributed by atoms with Crippen LogP contribution in [0.25, 0.3) is 0 Å². The molecule has 5 heterocycles. The number of nitrogens with zero attached hydrogens (tertiary/aromatic N) is 4. The zero-order chi connectivity index (χ0) is 24.5. The Balaban J connectivity index is 1.33. The Morgan fingerprint density at radius 3 is 2.71 bits per heavy atom. The van der Waals surface area contributed by atoms with Gasteiger partial charge in [0.05, 0.1) is 0 Å². The Morgan fingerprint density at radius 2 is 2.09 bits per heavy atom. The summed E-state index contributed by atoms with van der Waals surface area (Å²) in [4.78, 5) is 49.0. The van der Waals surface area contributed by atoms with E-state index in [-0.39, 0.29) is 28.3 Å². The number of carbonyl (C=O) groups excluding carboxylic acids is 2. The number of amides is 2. The van der Waals surface area contributed by atoms with Crippen molar-refractivity contribution in [3.63, 3.8) is 0 Å². The topological polar surface area (TPSA) is 151 Å². The highest BCUT2D eigenvalue weighted by molar-refractivity contribution is 8.00. The summed E-state index contributed by atoms with van der Waals surface area (Å²) in [5.41, 5.74) is 6.49. The Morgan fingerprint density at radius 1 is 1.31 bits per heavy atom. The fourth-order valence-corrected chi connectivity index (χ4v) is 6.21. The molecule has 0 saturated carbocycles. The summed E-state index contributed by atoms with van der Waals surface area (Å²) in [5.74, 6) is -0.326. The number of carboxylic acids is 1. The van der Waals surface area contributed by atoms with E-state index >= 15 is 0 Å². The monoisotopic (exact) mass is 533 g/mol. The van der Waals surface area contributed by atoms with Crippen LogP contribution in [0.1, 0.15) is 5.69 Å². The van der Waals surface area contributed by atoms with Crippen LogP contribution in [0.3, 0.4) is 0 Å². The van der Waals surface area contributed by atoms with Crippen LogP contribution in [0.4, 0.5) is 5.13 Å². The number of β-lactam (4-membered cyclic amide) rings is 1. The first-order chi connectivity index (χ1) is 16.9. The van der Waals surface area contributed by atoms with Crippen LogP contribution in [-0.4, -0.2) is 73.3 Å². The number of nitrogen functional groups attached to an aromatic ring is 1. The zero-order valence-electron chi connectivity index (χ0n) is 18.2. The van der Waals surface area contributed by atoms with E-state index in [1.165, 1.54) is 16.7 Å². The number of hydrogen-bond acceptors (Lipinski definition) is 10. The number of anilines is 1. The van der Waals surface area contributed by atoms with Crippen molar-refractivity contribution in [1.82, 2.24) is 15.2 Å². The fraction of sp³-hybridized carbons (Fsp3) is 0.333. The van der Waals surface area contributed by atoms with Crippen molar-refractivity contribution in [3.05, 3.63) is 52.9 Å². The summed E-state index contributed by atoms with van der Waals surface area (Å²) >= 11 is 4.27. The number of nitrogens with one attached hydrogen (secondary N) is 1. The van der Waals surface area contributed by atoms with Crippen LogP contribution in [0.15, 0.2) is 52.4 Å². The number of oxime groups is 1. The number of carbonyl (C=O) groups is 3. The first kappa shape index (κ1) is 23.6. The highest BCUT2D eigenvalue weighted by Crippen LogP contribution is 2.40. The lowest BCUT2D eigenvalue weighted by Crippen LogP contribution is -2.71. The summed E-state index contributed by atoms with van der Waals surface area (Å²) in [6.45, 7) is 0.349. The fourth-order valence-electron chi connectivity index (χ4n) is 3.78. The molecule has 0 spiro atoms. The molecule has 2 aromatic rings. The van der Waals surface area contributed by atoms with Crippen molar-refractivity contribution in [2.45, 2.75) is 24.1 Å². The second-order valence-electron chi connectivity index (χ2n) is 7.94. The van der Waals surface area contributed by atoms with Gasteiger partial charge in [0.15, 0.2) is 29.8 Å². The number of aromatic nitrogens is 2. The number of nitrogens with two attached hydrogens (primary N) is 1. The first-order valence-corrected chi connectivity index (χ1v) is 13.7. The van der Waals surface area contributed by atoms with Gasteiger partial charge in [0.25, 0.3) is 11.8 Å². The number of hydrogen-bond donors (Lipinski definition) is 3. The van der Waals surface area contributed by atoms with E-state index in [4.69, 9.17) is 10.6 Å². The number of pyridine rings is 1. The van der Waals surface area contributed by atoms with E-state index < -0.39 is 29.2 Å². The maximum atomic E-state index is 13.1. The molecule has 2 aromatic heterocycles. The maximum Gasteiger partial charge on any atom is 0.352 e. The van der Waals surface area contributed by atoms with E-state index in [0.29, 0.717) is 17.9 Å². The molecular weight excluding hydrogens is 512 g/mol. The molecule has 1 unspecified atom stereocenters. The van der Waals surface area contributed by atoms with Gasteiger partial charge in [0.1, 0.15) is 28.9 Å². The second-order valence-corrected chi connectivity index (χ2v) is 11.0. The van der Waals surface area contributed by atoms with Gasteiger partial charge in [-0.1, -0.05) is 11.2 Å². The minimum Gasteiger partial charge on any atom is -0.477 e. The minimum absolute atomic E-state index is 0.0346. The molecule has 0 aliphatic carbocycles. The molecule has 35 heavy (non-hydrogen) atoms. The smallest absolute Gasteiger partial charge is 0.352 e. The number of fused-ring (bicyclic) bond motifs is 1. The number of carboxylic acid groups (broad SMARTS) is 1. The van der Waals surface area contributed by atoms with Crippen LogP contribution < -0.4 is 15.6 Å². The summed E-state index contributed by atoms with van der Waals surface area (Å²) in [5, 5.41) is 17.9. The third-order valence-electron chi connectivity index (χ3n) is 5.57. The van der Waals surface area contributed by atoms with Gasteiger partial charge in [0, 0.05) is 40.3 Å². The quantitative estimate of drug-likeness (QED) is 0.188. The summed E-state index contributed by atoms with van der Waals surface area (Å²) in [7, 11) is 0. The molecule has 2 atom stereocenters. The predicted octanol–water partition coefficient (Wildman–Crippen LogP) is 0.288. The Labute approximate surface area is 212 Å². The van der Waals surface area contributed by atoms with E-state index in [1.54, 1.807) is 17.1 Å². The van der Waals surface area contributed by atoms with E-state index in [9.17, 15) is 19.5 Å². The van der Waals surface area contributed by atoms with Crippen molar-refractivity contribution in [2.24, 2.45) is 5.16 Å². The van der Waals surface area contributed by atoms with Crippen molar-refractivity contribution in [3.8, 4) is 0 Å². The molecule has 11 nitrogen and oxygen atoms in total. The van der Waals surface area contributed by atoms with E-state index in [1.807, 2.05) is 35.2 Å². The molecule has 2 fully saturated rings. The highest BCUT2D eigenvalue weighted by atomic mass is 32.2. The van der Waals surface area contributed by atoms with Gasteiger partial charge in [0.2, 0.25) is 0 Å². The summed E-state index contributed by atoms with van der Waals surface area (Å²) < 4.78 is 1.85. The van der Waals surface area contributed by atoms with Crippen LogP contribution >= 0.6 is 34.9 Å². The third-order valence-corrected chi connectivity index (χ3v) is 8.80. The molecule has 0 radical (unpaired) electrons. The minimum atomic E-state index is -1.17. The summed E-state index contributed by atoms with van der Waals surface area (Å²) in [6.07, 6.45) is 3.58. The average molecular weight is 534 g/mol. The molecule has 3 aliphatic rings. The second kappa shape index (κ2) is 9.87. The molecular formula is C21H21N6O5S3+. The molecule has 2 amide bonds. The van der Waals surface area contributed by atoms with Crippen LogP contribution in [-0.2, 0) is 25.8 Å².